The molecule has 2 amide bonds. The summed E-state index contributed by atoms with van der Waals surface area (Å²) in [6, 6.07) is 26.8. The van der Waals surface area contributed by atoms with Gasteiger partial charge in [0.15, 0.2) is 6.10 Å². The number of benzene rings is 3. The topological polar surface area (TPSA) is 114 Å². The van der Waals surface area contributed by atoms with Crippen LogP contribution in [-0.4, -0.2) is 45.6 Å². The molecular weight excluding hydrogens is 518 g/mol. The SMILES string of the molecule is O=C=NC1=CN2C(=O)C(NC(=O)OCc3ccccc3)[C@H]2SC1C(=O)OC(c1ccccc1)c1ccccc1. The van der Waals surface area contributed by atoms with Crippen molar-refractivity contribution >= 4 is 35.8 Å². The highest BCUT2D eigenvalue weighted by Gasteiger charge is 2.53. The molecule has 0 bridgehead atoms. The molecule has 9 nitrogen and oxygen atoms in total. The number of nitrogens with zero attached hydrogens (tertiary/aromatic N) is 2. The number of nitrogens with one attached hydrogen (secondary N) is 1. The molecule has 5 rings (SSSR count). The summed E-state index contributed by atoms with van der Waals surface area (Å²) < 4.78 is 11.2. The van der Waals surface area contributed by atoms with Gasteiger partial charge in [-0.15, -0.1) is 11.8 Å². The van der Waals surface area contributed by atoms with Gasteiger partial charge in [0.05, 0.1) is 5.70 Å². The quantitative estimate of drug-likeness (QED) is 0.198. The van der Waals surface area contributed by atoms with Crippen molar-refractivity contribution in [3.05, 3.63) is 120 Å². The average molecular weight is 542 g/mol. The van der Waals surface area contributed by atoms with Gasteiger partial charge in [-0.2, -0.15) is 4.99 Å². The summed E-state index contributed by atoms with van der Waals surface area (Å²) in [6.45, 7) is 0.0442. The third-order valence-corrected chi connectivity index (χ3v) is 7.69. The maximum atomic E-state index is 13.5. The van der Waals surface area contributed by atoms with Gasteiger partial charge in [-0.1, -0.05) is 91.0 Å². The maximum Gasteiger partial charge on any atom is 0.408 e. The van der Waals surface area contributed by atoms with E-state index in [0.717, 1.165) is 28.5 Å². The van der Waals surface area contributed by atoms with Gasteiger partial charge < -0.3 is 19.7 Å². The summed E-state index contributed by atoms with van der Waals surface area (Å²) in [7, 11) is 0. The van der Waals surface area contributed by atoms with Gasteiger partial charge in [0, 0.05) is 6.20 Å². The Bertz CT molecular complexity index is 1390. The molecule has 2 aliphatic heterocycles. The first-order valence-electron chi connectivity index (χ1n) is 12.1. The highest BCUT2D eigenvalue weighted by molar-refractivity contribution is 8.01. The number of fused-ring (bicyclic) bond motifs is 1. The van der Waals surface area contributed by atoms with Crippen LogP contribution in [0.3, 0.4) is 0 Å². The molecule has 1 N–H and O–H groups in total. The maximum absolute atomic E-state index is 13.5. The van der Waals surface area contributed by atoms with Gasteiger partial charge >= 0.3 is 12.1 Å². The summed E-state index contributed by atoms with van der Waals surface area (Å²) in [5.74, 6) is -1.06. The van der Waals surface area contributed by atoms with Gasteiger partial charge in [0.25, 0.3) is 5.91 Å². The monoisotopic (exact) mass is 541 g/mol. The van der Waals surface area contributed by atoms with Gasteiger partial charge in [-0.25, -0.2) is 9.59 Å². The Hall–Kier alpha value is -4.66. The van der Waals surface area contributed by atoms with Crippen LogP contribution in [0.1, 0.15) is 22.8 Å². The Morgan fingerprint density at radius 1 is 0.949 bits per heavy atom. The van der Waals surface area contributed by atoms with E-state index in [1.807, 2.05) is 91.0 Å². The van der Waals surface area contributed by atoms with Crippen LogP contribution in [0.4, 0.5) is 4.79 Å². The third-order valence-electron chi connectivity index (χ3n) is 6.21. The number of esters is 1. The second-order valence-corrected chi connectivity index (χ2v) is 9.96. The fourth-order valence-corrected chi connectivity index (χ4v) is 5.63. The Labute approximate surface area is 228 Å². The largest absolute Gasteiger partial charge is 0.451 e. The van der Waals surface area contributed by atoms with Crippen LogP contribution in [0, 0.1) is 0 Å². The van der Waals surface area contributed by atoms with E-state index in [0.29, 0.717) is 0 Å². The number of rotatable bonds is 8. The van der Waals surface area contributed by atoms with E-state index < -0.39 is 40.7 Å². The van der Waals surface area contributed by atoms with Gasteiger partial charge in [0.2, 0.25) is 6.08 Å². The van der Waals surface area contributed by atoms with Crippen molar-refractivity contribution in [1.82, 2.24) is 10.2 Å². The van der Waals surface area contributed by atoms with E-state index in [-0.39, 0.29) is 12.3 Å². The fourth-order valence-electron chi connectivity index (χ4n) is 4.29. The highest BCUT2D eigenvalue weighted by Crippen LogP contribution is 2.42. The standard InChI is InChI=1S/C29H23N3O6S/c33-18-30-22-16-32-26(34)23(31-29(36)37-17-19-10-4-1-5-11-19)27(32)39-25(22)28(35)38-24(20-12-6-2-7-13-20)21-14-8-3-9-15-21/h1-16,23-25,27H,17H2,(H,31,36)/t23?,25?,27-/m1/s1. The number of amides is 2. The number of aliphatic imine (C=N–C) groups is 1. The van der Waals surface area contributed by atoms with Gasteiger partial charge in [-0.05, 0) is 16.7 Å². The summed E-state index contributed by atoms with van der Waals surface area (Å²) in [5, 5.41) is 0.930. The second kappa shape index (κ2) is 11.8. The highest BCUT2D eigenvalue weighted by atomic mass is 32.2. The van der Waals surface area contributed by atoms with Crippen LogP contribution in [0.2, 0.25) is 0 Å². The molecule has 39 heavy (non-hydrogen) atoms. The predicted octanol–water partition coefficient (Wildman–Crippen LogP) is 4.08. The van der Waals surface area contributed by atoms with Crippen molar-refractivity contribution in [2.24, 2.45) is 4.99 Å². The summed E-state index contributed by atoms with van der Waals surface area (Å²) >= 11 is 1.06. The summed E-state index contributed by atoms with van der Waals surface area (Å²) in [5.41, 5.74) is 2.37. The number of alkyl carbamates (subject to hydrolysis) is 1. The lowest BCUT2D eigenvalue weighted by atomic mass is 10.0. The number of thioether (sulfide) groups is 1. The summed E-state index contributed by atoms with van der Waals surface area (Å²) in [4.78, 5) is 54.7. The molecule has 2 aliphatic rings. The van der Waals surface area contributed by atoms with E-state index >= 15 is 0 Å². The minimum Gasteiger partial charge on any atom is -0.451 e. The zero-order valence-electron chi connectivity index (χ0n) is 20.5. The number of ether oxygens (including phenoxy) is 2. The van der Waals surface area contributed by atoms with Gasteiger partial charge in [0.1, 0.15) is 23.3 Å². The molecule has 0 aromatic heterocycles. The molecule has 10 heteroatoms. The lowest BCUT2D eigenvalue weighted by Crippen LogP contribution is -2.69. The van der Waals surface area contributed by atoms with Crippen LogP contribution < -0.4 is 5.32 Å². The van der Waals surface area contributed by atoms with E-state index in [2.05, 4.69) is 10.3 Å². The van der Waals surface area contributed by atoms with E-state index in [4.69, 9.17) is 9.47 Å². The minimum absolute atomic E-state index is 0.0366. The van der Waals surface area contributed by atoms with Crippen LogP contribution in [-0.2, 0) is 30.5 Å². The Balaban J connectivity index is 1.31. The second-order valence-electron chi connectivity index (χ2n) is 8.73. The Morgan fingerprint density at radius 3 is 2.13 bits per heavy atom. The lowest BCUT2D eigenvalue weighted by Gasteiger charge is -2.47. The molecular formula is C29H23N3O6S. The van der Waals surface area contributed by atoms with Crippen LogP contribution in [0.5, 0.6) is 0 Å². The fraction of sp³-hybridized carbons (Fsp3) is 0.172. The van der Waals surface area contributed by atoms with E-state index in [9.17, 15) is 19.2 Å². The normalized spacial score (nSPS) is 19.6. The minimum atomic E-state index is -1.03. The molecule has 196 valence electrons. The average Bonchev–Trinajstić information content (AvgIpc) is 2.99. The third kappa shape index (κ3) is 5.77. The zero-order chi connectivity index (χ0) is 27.2. The Morgan fingerprint density at radius 2 is 1.54 bits per heavy atom. The number of carbonyl (C=O) groups excluding carboxylic acids is 4. The zero-order valence-corrected chi connectivity index (χ0v) is 21.3. The molecule has 3 atom stereocenters. The van der Waals surface area contributed by atoms with Crippen LogP contribution in [0.25, 0.3) is 0 Å². The van der Waals surface area contributed by atoms with Gasteiger partial charge in [-0.3, -0.25) is 9.59 Å². The molecule has 2 unspecified atom stereocenters. The van der Waals surface area contributed by atoms with E-state index in [1.165, 1.54) is 17.2 Å². The number of β-lactam (4-membered cyclic amide) rings is 1. The van der Waals surface area contributed by atoms with Crippen molar-refractivity contribution < 1.29 is 28.7 Å². The van der Waals surface area contributed by atoms with Crippen LogP contribution in [0.15, 0.2) is 108 Å². The predicted molar refractivity (Wildman–Crippen MR) is 143 cm³/mol. The number of hydrogen-bond acceptors (Lipinski definition) is 8. The molecule has 0 spiro atoms. The molecule has 1 fully saturated rings. The lowest BCUT2D eigenvalue weighted by molar-refractivity contribution is -0.147. The molecule has 3 aromatic rings. The molecule has 1 saturated heterocycles. The molecule has 0 radical (unpaired) electrons. The molecule has 0 saturated carbocycles. The van der Waals surface area contributed by atoms with Crippen molar-refractivity contribution in [2.45, 2.75) is 29.4 Å². The van der Waals surface area contributed by atoms with E-state index in [1.54, 1.807) is 0 Å². The first-order valence-corrected chi connectivity index (χ1v) is 13.0. The smallest absolute Gasteiger partial charge is 0.408 e. The van der Waals surface area contributed by atoms with Crippen LogP contribution >= 0.6 is 11.8 Å². The first kappa shape index (κ1) is 26.0. The molecule has 3 aromatic carbocycles. The summed E-state index contributed by atoms with van der Waals surface area (Å²) in [6.07, 6.45) is 1.31. The van der Waals surface area contributed by atoms with Crippen molar-refractivity contribution in [3.63, 3.8) is 0 Å². The molecule has 0 aliphatic carbocycles. The number of hydrogen-bond donors (Lipinski definition) is 1. The van der Waals surface area contributed by atoms with Crippen molar-refractivity contribution in [2.75, 3.05) is 0 Å². The molecule has 2 heterocycles. The number of isocyanates is 1. The first-order chi connectivity index (χ1) is 19.0. The Kier molecular flexibility index (Phi) is 7.86. The number of carbonyl (C=O) groups is 3. The van der Waals surface area contributed by atoms with Crippen molar-refractivity contribution in [1.29, 1.82) is 0 Å². The van der Waals surface area contributed by atoms with Crippen molar-refractivity contribution in [3.8, 4) is 0 Å².